The summed E-state index contributed by atoms with van der Waals surface area (Å²) in [7, 11) is 0. The van der Waals surface area contributed by atoms with Gasteiger partial charge in [-0.15, -0.1) is 0 Å². The summed E-state index contributed by atoms with van der Waals surface area (Å²) < 4.78 is 3.13. The normalized spacial score (nSPS) is 20.8. The number of piperidine rings is 2. The fourth-order valence-electron chi connectivity index (χ4n) is 6.52. The Morgan fingerprint density at radius 3 is 2.32 bits per heavy atom. The number of aromatic nitrogens is 1. The third kappa shape index (κ3) is 5.71. The maximum atomic E-state index is 13.2. The van der Waals surface area contributed by atoms with E-state index in [1.54, 1.807) is 13.1 Å². The van der Waals surface area contributed by atoms with Crippen LogP contribution >= 0.6 is 43.5 Å². The highest BCUT2D eigenvalue weighted by Crippen LogP contribution is 2.45. The molecule has 2 amide bonds. The molecule has 6 nitrogen and oxygen atoms in total. The van der Waals surface area contributed by atoms with Crippen LogP contribution in [0, 0.1) is 11.8 Å². The van der Waals surface area contributed by atoms with Crippen LogP contribution in [-0.2, 0) is 22.4 Å². The number of hydrogen-bond acceptors (Lipinski definition) is 3. The van der Waals surface area contributed by atoms with E-state index in [-0.39, 0.29) is 23.7 Å². The number of amides is 2. The van der Waals surface area contributed by atoms with Gasteiger partial charge in [0.1, 0.15) is 0 Å². The van der Waals surface area contributed by atoms with E-state index in [0.29, 0.717) is 17.4 Å². The van der Waals surface area contributed by atoms with Crippen molar-refractivity contribution in [2.24, 2.45) is 11.8 Å². The number of hydrogen-bond donors (Lipinski definition) is 1. The highest BCUT2D eigenvalue weighted by Gasteiger charge is 2.41. The van der Waals surface area contributed by atoms with Crippen molar-refractivity contribution in [1.29, 1.82) is 0 Å². The average molecular weight is 655 g/mol. The van der Waals surface area contributed by atoms with Crippen molar-refractivity contribution in [3.63, 3.8) is 0 Å². The molecule has 1 atom stereocenters. The molecule has 2 saturated heterocycles. The smallest absolute Gasteiger partial charge is 0.245 e. The number of nitrogens with zero attached hydrogens (tertiary/aromatic N) is 3. The van der Waals surface area contributed by atoms with Crippen LogP contribution < -0.4 is 4.73 Å². The molecule has 1 N–H and O–H groups in total. The van der Waals surface area contributed by atoms with Crippen LogP contribution in [0.4, 0.5) is 0 Å². The Hall–Kier alpha value is -1.64. The standard InChI is InChI=1S/C28H33Br2ClN3O3/c1-17(35)32-8-4-18(5-9-32)12-25(36)33-10-6-19(7-11-33)27-26-20(14-23(31)15-24(26)30)2-3-21-13-22(29)16-34(37)28(21)27/h13-16,18-19,27,37H,2-12H2,1H3/q+1/t27-/m1/s1. The molecule has 37 heavy (non-hydrogen) atoms. The number of pyridine rings is 1. The molecule has 2 aliphatic heterocycles. The number of rotatable bonds is 3. The summed E-state index contributed by atoms with van der Waals surface area (Å²) in [5, 5.41) is 11.8. The zero-order chi connectivity index (χ0) is 26.3. The fraction of sp³-hybridized carbons (Fsp3) is 0.536. The molecule has 3 heterocycles. The molecule has 2 aromatic rings. The highest BCUT2D eigenvalue weighted by atomic mass is 79.9. The fourth-order valence-corrected chi connectivity index (χ4v) is 8.11. The van der Waals surface area contributed by atoms with E-state index in [1.807, 2.05) is 15.9 Å². The van der Waals surface area contributed by atoms with Gasteiger partial charge in [0.25, 0.3) is 0 Å². The van der Waals surface area contributed by atoms with Crippen LogP contribution in [0.25, 0.3) is 0 Å². The Morgan fingerprint density at radius 1 is 1.00 bits per heavy atom. The number of benzene rings is 1. The first-order valence-electron chi connectivity index (χ1n) is 13.2. The number of aryl methyl sites for hydroxylation is 2. The quantitative estimate of drug-likeness (QED) is 0.351. The Labute approximate surface area is 240 Å². The predicted octanol–water partition coefficient (Wildman–Crippen LogP) is 5.51. The number of fused-ring (bicyclic) bond motifs is 2. The Kier molecular flexibility index (Phi) is 8.18. The van der Waals surface area contributed by atoms with Crippen molar-refractivity contribution >= 4 is 55.3 Å². The van der Waals surface area contributed by atoms with Crippen molar-refractivity contribution in [2.75, 3.05) is 26.2 Å². The highest BCUT2D eigenvalue weighted by molar-refractivity contribution is 9.10. The van der Waals surface area contributed by atoms with Gasteiger partial charge in [0.2, 0.25) is 23.7 Å². The maximum Gasteiger partial charge on any atom is 0.245 e. The van der Waals surface area contributed by atoms with E-state index < -0.39 is 0 Å². The summed E-state index contributed by atoms with van der Waals surface area (Å²) >= 11 is 13.8. The molecule has 1 aliphatic carbocycles. The second-order valence-electron chi connectivity index (χ2n) is 10.7. The Morgan fingerprint density at radius 2 is 1.65 bits per heavy atom. The molecular weight excluding hydrogens is 622 g/mol. The lowest BCUT2D eigenvalue weighted by Gasteiger charge is -2.37. The van der Waals surface area contributed by atoms with Gasteiger partial charge in [0, 0.05) is 59.3 Å². The van der Waals surface area contributed by atoms with Crippen molar-refractivity contribution in [3.8, 4) is 0 Å². The molecule has 3 aliphatic rings. The predicted molar refractivity (Wildman–Crippen MR) is 149 cm³/mol. The average Bonchev–Trinajstić information content (AvgIpc) is 3.02. The molecule has 0 bridgehead atoms. The number of carbonyl (C=O) groups excluding carboxylic acids is 2. The SMILES string of the molecule is CC(=O)N1CCC(CC(=O)N2CCC([C@@H]3c4c(Br)cc(Cl)cc4CCc4cc(Br)c[n+](O)c43)CC2)CC1. The Balaban J connectivity index is 1.34. The second-order valence-corrected chi connectivity index (χ2v) is 12.9. The van der Waals surface area contributed by atoms with Gasteiger partial charge < -0.3 is 9.80 Å². The number of likely N-dealkylation sites (tertiary alicyclic amines) is 2. The van der Waals surface area contributed by atoms with Crippen LogP contribution in [0.5, 0.6) is 0 Å². The van der Waals surface area contributed by atoms with E-state index in [0.717, 1.165) is 84.9 Å². The lowest BCUT2D eigenvalue weighted by molar-refractivity contribution is -0.911. The van der Waals surface area contributed by atoms with Crippen LogP contribution in [0.3, 0.4) is 0 Å². The molecular formula is C28H33Br2ClN3O3+. The zero-order valence-corrected chi connectivity index (χ0v) is 25.0. The molecule has 1 aromatic heterocycles. The topological polar surface area (TPSA) is 64.7 Å². The van der Waals surface area contributed by atoms with Crippen LogP contribution in [0.2, 0.25) is 5.02 Å². The van der Waals surface area contributed by atoms with E-state index >= 15 is 0 Å². The van der Waals surface area contributed by atoms with Gasteiger partial charge in [0.05, 0.1) is 10.4 Å². The molecule has 2 fully saturated rings. The van der Waals surface area contributed by atoms with Gasteiger partial charge in [-0.1, -0.05) is 27.5 Å². The van der Waals surface area contributed by atoms with Gasteiger partial charge in [0.15, 0.2) is 0 Å². The molecule has 0 unspecified atom stereocenters. The van der Waals surface area contributed by atoms with Crippen molar-refractivity contribution in [2.45, 2.75) is 57.8 Å². The van der Waals surface area contributed by atoms with Crippen molar-refractivity contribution in [3.05, 3.63) is 60.7 Å². The minimum absolute atomic E-state index is 0.00500. The maximum absolute atomic E-state index is 13.2. The summed E-state index contributed by atoms with van der Waals surface area (Å²) in [5.41, 5.74) is 4.49. The zero-order valence-electron chi connectivity index (χ0n) is 21.1. The van der Waals surface area contributed by atoms with E-state index in [1.165, 1.54) is 15.9 Å². The first-order valence-corrected chi connectivity index (χ1v) is 15.1. The molecule has 198 valence electrons. The lowest BCUT2D eigenvalue weighted by atomic mass is 9.76. The minimum atomic E-state index is 0.00500. The molecule has 1 aromatic carbocycles. The van der Waals surface area contributed by atoms with Crippen molar-refractivity contribution in [1.82, 2.24) is 9.80 Å². The number of halogens is 3. The first kappa shape index (κ1) is 26.9. The minimum Gasteiger partial charge on any atom is -0.343 e. The van der Waals surface area contributed by atoms with Gasteiger partial charge in [-0.2, -0.15) is 0 Å². The monoisotopic (exact) mass is 652 g/mol. The van der Waals surface area contributed by atoms with Gasteiger partial charge in [-0.3, -0.25) is 14.8 Å². The molecule has 9 heteroatoms. The summed E-state index contributed by atoms with van der Waals surface area (Å²) in [6.45, 7) is 4.58. The lowest BCUT2D eigenvalue weighted by Crippen LogP contribution is -2.44. The van der Waals surface area contributed by atoms with E-state index in [4.69, 9.17) is 11.6 Å². The largest absolute Gasteiger partial charge is 0.343 e. The van der Waals surface area contributed by atoms with Gasteiger partial charge in [-0.05, 0) is 95.6 Å². The van der Waals surface area contributed by atoms with E-state index in [9.17, 15) is 14.8 Å². The van der Waals surface area contributed by atoms with Crippen LogP contribution in [0.1, 0.15) is 67.3 Å². The van der Waals surface area contributed by atoms with E-state index in [2.05, 4.69) is 44.0 Å². The van der Waals surface area contributed by atoms with Crippen molar-refractivity contribution < 1.29 is 19.5 Å². The molecule has 0 radical (unpaired) electrons. The van der Waals surface area contributed by atoms with Crippen LogP contribution in [0.15, 0.2) is 33.3 Å². The van der Waals surface area contributed by atoms with Crippen LogP contribution in [-0.4, -0.2) is 53.0 Å². The second kappa shape index (κ2) is 11.2. The summed E-state index contributed by atoms with van der Waals surface area (Å²) in [6.07, 6.45) is 7.53. The molecule has 0 saturated carbocycles. The third-order valence-corrected chi connectivity index (χ3v) is 9.78. The summed E-state index contributed by atoms with van der Waals surface area (Å²) in [5.74, 6) is 1.00. The summed E-state index contributed by atoms with van der Waals surface area (Å²) in [4.78, 5) is 28.7. The molecule has 5 rings (SSSR count). The van der Waals surface area contributed by atoms with Gasteiger partial charge in [-0.25, -0.2) is 0 Å². The number of carbonyl (C=O) groups is 2. The van der Waals surface area contributed by atoms with Gasteiger partial charge >= 0.3 is 0 Å². The Bertz CT molecular complexity index is 1150. The molecule has 0 spiro atoms. The first-order chi connectivity index (χ1) is 17.7. The third-order valence-electron chi connectivity index (χ3n) is 8.47. The summed E-state index contributed by atoms with van der Waals surface area (Å²) in [6, 6.07) is 6.13.